The van der Waals surface area contributed by atoms with Crippen LogP contribution in [0.2, 0.25) is 0 Å². The molecule has 0 saturated carbocycles. The fraction of sp³-hybridized carbons (Fsp3) is 0.350. The highest BCUT2D eigenvalue weighted by Gasteiger charge is 2.34. The number of carbonyl (C=O) groups is 1. The summed E-state index contributed by atoms with van der Waals surface area (Å²) in [6, 6.07) is 13.5. The van der Waals surface area contributed by atoms with Crippen LogP contribution in [-0.4, -0.2) is 24.2 Å². The number of hydrogen-bond acceptors (Lipinski definition) is 3. The summed E-state index contributed by atoms with van der Waals surface area (Å²) >= 11 is 0. The average molecular weight is 323 g/mol. The van der Waals surface area contributed by atoms with E-state index in [0.29, 0.717) is 18.6 Å². The fourth-order valence-corrected chi connectivity index (χ4v) is 3.74. The maximum Gasteiger partial charge on any atom is 0.251 e. The van der Waals surface area contributed by atoms with Gasteiger partial charge in [0.2, 0.25) is 0 Å². The third kappa shape index (κ3) is 2.67. The third-order valence-corrected chi connectivity index (χ3v) is 5.05. The van der Waals surface area contributed by atoms with Crippen LogP contribution in [0.5, 0.6) is 5.75 Å². The summed E-state index contributed by atoms with van der Waals surface area (Å²) in [5.74, 6) is 0.715. The first-order valence-electron chi connectivity index (χ1n) is 8.50. The molecule has 2 aromatic carbocycles. The SMILES string of the molecule is O=C(NCC1(O)CCCc2ccccc21)c1ccc2c(c1)CCO2. The summed E-state index contributed by atoms with van der Waals surface area (Å²) in [4.78, 5) is 12.5. The maximum absolute atomic E-state index is 12.5. The molecule has 1 aliphatic carbocycles. The molecular formula is C20H21NO3. The zero-order valence-electron chi connectivity index (χ0n) is 13.5. The van der Waals surface area contributed by atoms with Crippen LogP contribution in [0.1, 0.15) is 39.9 Å². The Bertz CT molecular complexity index is 786. The van der Waals surface area contributed by atoms with E-state index in [1.54, 1.807) is 6.07 Å². The second kappa shape index (κ2) is 5.95. The van der Waals surface area contributed by atoms with E-state index in [1.165, 1.54) is 5.56 Å². The first kappa shape index (κ1) is 15.2. The number of aliphatic hydroxyl groups is 1. The summed E-state index contributed by atoms with van der Waals surface area (Å²) in [7, 11) is 0. The summed E-state index contributed by atoms with van der Waals surface area (Å²) in [6.45, 7) is 0.910. The molecule has 2 aromatic rings. The van der Waals surface area contributed by atoms with Crippen LogP contribution >= 0.6 is 0 Å². The van der Waals surface area contributed by atoms with Crippen molar-refractivity contribution in [3.63, 3.8) is 0 Å². The highest BCUT2D eigenvalue weighted by molar-refractivity contribution is 5.94. The standard InChI is InChI=1S/C20H21NO3/c22-19(16-7-8-18-15(12-16)9-11-24-18)21-13-20(23)10-3-5-14-4-1-2-6-17(14)20/h1-2,4,6-8,12,23H,3,5,9-11,13H2,(H,21,22). The van der Waals surface area contributed by atoms with E-state index >= 15 is 0 Å². The lowest BCUT2D eigenvalue weighted by Gasteiger charge is -2.34. The second-order valence-electron chi connectivity index (χ2n) is 6.65. The van der Waals surface area contributed by atoms with Crippen molar-refractivity contribution in [2.75, 3.05) is 13.2 Å². The van der Waals surface area contributed by atoms with E-state index in [2.05, 4.69) is 11.4 Å². The predicted octanol–water partition coefficient (Wildman–Crippen LogP) is 2.58. The molecule has 1 heterocycles. The molecule has 1 aliphatic heterocycles. The molecule has 2 N–H and O–H groups in total. The van der Waals surface area contributed by atoms with Crippen molar-refractivity contribution in [3.8, 4) is 5.75 Å². The Balaban J connectivity index is 1.50. The van der Waals surface area contributed by atoms with Crippen LogP contribution in [0.25, 0.3) is 0 Å². The summed E-state index contributed by atoms with van der Waals surface area (Å²) in [5.41, 5.74) is 2.83. The molecular weight excluding hydrogens is 302 g/mol. The van der Waals surface area contributed by atoms with E-state index in [0.717, 1.165) is 36.1 Å². The normalized spacial score (nSPS) is 21.5. The lowest BCUT2D eigenvalue weighted by Crippen LogP contribution is -2.43. The van der Waals surface area contributed by atoms with Gasteiger partial charge in [-0.25, -0.2) is 0 Å². The molecule has 4 heteroatoms. The first-order chi connectivity index (χ1) is 11.7. The Morgan fingerprint density at radius 3 is 2.96 bits per heavy atom. The number of benzene rings is 2. The van der Waals surface area contributed by atoms with E-state index in [9.17, 15) is 9.90 Å². The lowest BCUT2D eigenvalue weighted by atomic mass is 9.79. The van der Waals surface area contributed by atoms with Gasteiger partial charge in [0.25, 0.3) is 5.91 Å². The Morgan fingerprint density at radius 2 is 2.04 bits per heavy atom. The molecule has 0 bridgehead atoms. The van der Waals surface area contributed by atoms with Gasteiger partial charge in [-0.3, -0.25) is 4.79 Å². The Morgan fingerprint density at radius 1 is 1.17 bits per heavy atom. The number of carbonyl (C=O) groups excluding carboxylic acids is 1. The van der Waals surface area contributed by atoms with Crippen LogP contribution in [0, 0.1) is 0 Å². The molecule has 24 heavy (non-hydrogen) atoms. The summed E-state index contributed by atoms with van der Waals surface area (Å²) in [6.07, 6.45) is 3.42. The Kier molecular flexibility index (Phi) is 3.77. The average Bonchev–Trinajstić information content (AvgIpc) is 3.08. The van der Waals surface area contributed by atoms with Crippen LogP contribution in [0.4, 0.5) is 0 Å². The molecule has 2 aliphatic rings. The number of aryl methyl sites for hydroxylation is 1. The smallest absolute Gasteiger partial charge is 0.251 e. The second-order valence-corrected chi connectivity index (χ2v) is 6.65. The van der Waals surface area contributed by atoms with Gasteiger partial charge in [-0.2, -0.15) is 0 Å². The largest absolute Gasteiger partial charge is 0.493 e. The number of nitrogens with one attached hydrogen (secondary N) is 1. The highest BCUT2D eigenvalue weighted by atomic mass is 16.5. The molecule has 4 nitrogen and oxygen atoms in total. The topological polar surface area (TPSA) is 58.6 Å². The molecule has 1 amide bonds. The van der Waals surface area contributed by atoms with E-state index in [1.807, 2.05) is 30.3 Å². The molecule has 1 atom stereocenters. The minimum atomic E-state index is -0.982. The lowest BCUT2D eigenvalue weighted by molar-refractivity contribution is 0.0189. The molecule has 0 saturated heterocycles. The van der Waals surface area contributed by atoms with Crippen molar-refractivity contribution >= 4 is 5.91 Å². The van der Waals surface area contributed by atoms with Gasteiger partial charge in [-0.1, -0.05) is 24.3 Å². The van der Waals surface area contributed by atoms with Gasteiger partial charge in [-0.15, -0.1) is 0 Å². The van der Waals surface area contributed by atoms with Gasteiger partial charge in [0, 0.05) is 12.0 Å². The maximum atomic E-state index is 12.5. The number of ether oxygens (including phenoxy) is 1. The molecule has 4 rings (SSSR count). The van der Waals surface area contributed by atoms with Crippen LogP contribution < -0.4 is 10.1 Å². The first-order valence-corrected chi connectivity index (χ1v) is 8.50. The van der Waals surface area contributed by atoms with Crippen molar-refractivity contribution < 1.29 is 14.6 Å². The zero-order valence-corrected chi connectivity index (χ0v) is 13.5. The minimum Gasteiger partial charge on any atom is -0.493 e. The summed E-state index contributed by atoms with van der Waals surface area (Å²) in [5, 5.41) is 14.0. The summed E-state index contributed by atoms with van der Waals surface area (Å²) < 4.78 is 5.47. The van der Waals surface area contributed by atoms with Crippen molar-refractivity contribution in [1.29, 1.82) is 0 Å². The van der Waals surface area contributed by atoms with Crippen molar-refractivity contribution in [2.45, 2.75) is 31.3 Å². The minimum absolute atomic E-state index is 0.152. The van der Waals surface area contributed by atoms with Crippen molar-refractivity contribution in [3.05, 3.63) is 64.7 Å². The van der Waals surface area contributed by atoms with E-state index in [-0.39, 0.29) is 12.5 Å². The van der Waals surface area contributed by atoms with E-state index < -0.39 is 5.60 Å². The van der Waals surface area contributed by atoms with Crippen molar-refractivity contribution in [2.24, 2.45) is 0 Å². The molecule has 0 aromatic heterocycles. The highest BCUT2D eigenvalue weighted by Crippen LogP contribution is 2.34. The van der Waals surface area contributed by atoms with Crippen molar-refractivity contribution in [1.82, 2.24) is 5.32 Å². The van der Waals surface area contributed by atoms with E-state index in [4.69, 9.17) is 4.74 Å². The molecule has 124 valence electrons. The zero-order chi connectivity index (χ0) is 16.6. The molecule has 0 fully saturated rings. The Hall–Kier alpha value is -2.33. The van der Waals surface area contributed by atoms with Gasteiger partial charge in [-0.05, 0) is 54.2 Å². The number of rotatable bonds is 3. The van der Waals surface area contributed by atoms with Gasteiger partial charge in [0.1, 0.15) is 11.4 Å². The molecule has 0 spiro atoms. The van der Waals surface area contributed by atoms with Gasteiger partial charge in [0.05, 0.1) is 13.2 Å². The number of amides is 1. The fourth-order valence-electron chi connectivity index (χ4n) is 3.74. The van der Waals surface area contributed by atoms with Crippen LogP contribution in [-0.2, 0) is 18.4 Å². The molecule has 0 radical (unpaired) electrons. The predicted molar refractivity (Wildman–Crippen MR) is 91.3 cm³/mol. The van der Waals surface area contributed by atoms with Gasteiger partial charge in [0.15, 0.2) is 0 Å². The number of hydrogen-bond donors (Lipinski definition) is 2. The van der Waals surface area contributed by atoms with Gasteiger partial charge < -0.3 is 15.2 Å². The third-order valence-electron chi connectivity index (χ3n) is 5.05. The molecule has 1 unspecified atom stereocenters. The van der Waals surface area contributed by atoms with Crippen LogP contribution in [0.3, 0.4) is 0 Å². The quantitative estimate of drug-likeness (QED) is 0.913. The Labute approximate surface area is 141 Å². The monoisotopic (exact) mass is 323 g/mol. The number of fused-ring (bicyclic) bond motifs is 2. The van der Waals surface area contributed by atoms with Gasteiger partial charge >= 0.3 is 0 Å². The van der Waals surface area contributed by atoms with Crippen LogP contribution in [0.15, 0.2) is 42.5 Å².